The third-order valence-electron chi connectivity index (χ3n) is 14.7. The molecule has 10 aromatic carbocycles. The summed E-state index contributed by atoms with van der Waals surface area (Å²) in [5.41, 5.74) is 24.4. The third kappa shape index (κ3) is 5.55. The summed E-state index contributed by atoms with van der Waals surface area (Å²) in [5, 5.41) is 0. The van der Waals surface area contributed by atoms with Gasteiger partial charge in [0.25, 0.3) is 0 Å². The van der Waals surface area contributed by atoms with Gasteiger partial charge >= 0.3 is 0 Å². The molecule has 0 amide bonds. The summed E-state index contributed by atoms with van der Waals surface area (Å²) in [6.07, 6.45) is 0. The number of nitrogens with zero attached hydrogens (tertiary/aromatic N) is 2. The molecule has 2 nitrogen and oxygen atoms in total. The summed E-state index contributed by atoms with van der Waals surface area (Å²) < 4.78 is 0. The second-order valence-electron chi connectivity index (χ2n) is 18.5. The van der Waals surface area contributed by atoms with Gasteiger partial charge in [0.15, 0.2) is 0 Å². The van der Waals surface area contributed by atoms with Crippen LogP contribution in [-0.2, 0) is 10.8 Å². The lowest BCUT2D eigenvalue weighted by Gasteiger charge is -2.45. The van der Waals surface area contributed by atoms with E-state index >= 15 is 0 Å². The van der Waals surface area contributed by atoms with E-state index in [0.717, 1.165) is 22.7 Å². The number of anilines is 6. The van der Waals surface area contributed by atoms with Crippen LogP contribution in [0.15, 0.2) is 243 Å². The lowest BCUT2D eigenvalue weighted by Crippen LogP contribution is -2.36. The summed E-state index contributed by atoms with van der Waals surface area (Å²) in [6, 6.07) is 89.9. The lowest BCUT2D eigenvalue weighted by atomic mass is 9.64. The first-order valence-electron chi connectivity index (χ1n) is 23.1. The molecule has 312 valence electrons. The number of rotatable bonds is 6. The van der Waals surface area contributed by atoms with Crippen molar-refractivity contribution in [3.63, 3.8) is 0 Å². The van der Waals surface area contributed by atoms with Crippen LogP contribution in [0.3, 0.4) is 0 Å². The van der Waals surface area contributed by atoms with E-state index in [1.165, 1.54) is 89.3 Å². The van der Waals surface area contributed by atoms with Crippen LogP contribution in [0.25, 0.3) is 44.5 Å². The highest BCUT2D eigenvalue weighted by Crippen LogP contribution is 2.64. The molecule has 10 aromatic rings. The molecule has 0 saturated heterocycles. The van der Waals surface area contributed by atoms with Crippen molar-refractivity contribution in [1.82, 2.24) is 0 Å². The maximum atomic E-state index is 2.47. The van der Waals surface area contributed by atoms with Gasteiger partial charge in [-0.05, 0) is 145 Å². The minimum Gasteiger partial charge on any atom is -0.310 e. The second kappa shape index (κ2) is 14.7. The molecule has 3 aliphatic rings. The van der Waals surface area contributed by atoms with Gasteiger partial charge in [0.1, 0.15) is 0 Å². The van der Waals surface area contributed by atoms with E-state index in [1.807, 2.05) is 0 Å². The van der Waals surface area contributed by atoms with Crippen molar-refractivity contribution in [1.29, 1.82) is 0 Å². The average Bonchev–Trinajstić information content (AvgIpc) is 3.80. The molecule has 0 N–H and O–H groups in total. The van der Waals surface area contributed by atoms with Crippen molar-refractivity contribution in [2.24, 2.45) is 0 Å². The Bertz CT molecular complexity index is 3450. The first-order valence-corrected chi connectivity index (χ1v) is 23.1. The quantitative estimate of drug-likeness (QED) is 0.165. The van der Waals surface area contributed by atoms with Crippen LogP contribution in [0, 0.1) is 0 Å². The van der Waals surface area contributed by atoms with Crippen LogP contribution in [0.2, 0.25) is 0 Å². The van der Waals surface area contributed by atoms with Gasteiger partial charge in [-0.2, -0.15) is 0 Å². The van der Waals surface area contributed by atoms with E-state index in [9.17, 15) is 0 Å². The Hall–Kier alpha value is -8.20. The lowest BCUT2D eigenvalue weighted by molar-refractivity contribution is 0.660. The fraction of sp³-hybridized carbons (Fsp3) is 0.0625. The Balaban J connectivity index is 0.902. The van der Waals surface area contributed by atoms with E-state index in [-0.39, 0.29) is 5.41 Å². The average molecular weight is 843 g/mol. The van der Waals surface area contributed by atoms with Gasteiger partial charge in [0.2, 0.25) is 0 Å². The summed E-state index contributed by atoms with van der Waals surface area (Å²) in [6.45, 7) is 4.70. The number of benzene rings is 10. The molecule has 0 unspecified atom stereocenters. The molecule has 0 fully saturated rings. The van der Waals surface area contributed by atoms with Gasteiger partial charge in [-0.15, -0.1) is 0 Å². The second-order valence-corrected chi connectivity index (χ2v) is 18.5. The van der Waals surface area contributed by atoms with Gasteiger partial charge < -0.3 is 9.80 Å². The van der Waals surface area contributed by atoms with Crippen molar-refractivity contribution in [3.05, 3.63) is 276 Å². The van der Waals surface area contributed by atoms with Gasteiger partial charge in [-0.1, -0.05) is 190 Å². The SMILES string of the molecule is CC1(C)c2ccccc2-c2ccc(-c3ccc(-c4ccc(N(c5ccccc5)c5ccc6c(c5)C5(c7ccccc7-6)c6ccccc6N(c6ccccc6)c6ccccc65)cc4)cc3)cc21. The Morgan fingerprint density at radius 1 is 0.303 bits per heavy atom. The fourth-order valence-electron chi connectivity index (χ4n) is 11.7. The first kappa shape index (κ1) is 38.3. The minimum absolute atomic E-state index is 0.0271. The topological polar surface area (TPSA) is 6.48 Å². The Kier molecular flexibility index (Phi) is 8.51. The molecule has 66 heavy (non-hydrogen) atoms. The molecule has 0 saturated carbocycles. The van der Waals surface area contributed by atoms with Gasteiger partial charge in [-0.3, -0.25) is 0 Å². The van der Waals surface area contributed by atoms with E-state index in [2.05, 4.69) is 266 Å². The van der Waals surface area contributed by atoms with Crippen LogP contribution in [0.1, 0.15) is 47.2 Å². The van der Waals surface area contributed by atoms with Crippen molar-refractivity contribution >= 4 is 34.1 Å². The van der Waals surface area contributed by atoms with Crippen LogP contribution in [0.4, 0.5) is 34.1 Å². The largest absolute Gasteiger partial charge is 0.310 e. The number of hydrogen-bond acceptors (Lipinski definition) is 2. The van der Waals surface area contributed by atoms with E-state index in [4.69, 9.17) is 0 Å². The highest BCUT2D eigenvalue weighted by molar-refractivity contribution is 5.97. The molecule has 2 aliphatic carbocycles. The van der Waals surface area contributed by atoms with Crippen LogP contribution >= 0.6 is 0 Å². The molecule has 0 atom stereocenters. The number of hydrogen-bond donors (Lipinski definition) is 0. The van der Waals surface area contributed by atoms with Gasteiger partial charge in [0, 0.05) is 28.2 Å². The zero-order chi connectivity index (χ0) is 44.0. The molecule has 0 aromatic heterocycles. The first-order chi connectivity index (χ1) is 32.5. The Labute approximate surface area is 387 Å². The van der Waals surface area contributed by atoms with Crippen molar-refractivity contribution in [2.45, 2.75) is 24.7 Å². The highest BCUT2D eigenvalue weighted by Gasteiger charge is 2.52. The predicted molar refractivity (Wildman–Crippen MR) is 275 cm³/mol. The molecular weight excluding hydrogens is 797 g/mol. The number of fused-ring (bicyclic) bond motifs is 12. The third-order valence-corrected chi connectivity index (χ3v) is 14.7. The standard InChI is InChI=1S/C64H46N2/c1-63(2)55-23-11-9-21-51(55)53-39-35-46(41-59(53)63)45-31-29-43(30-32-45)44-33-36-49(37-34-44)65(47-17-5-3-6-18-47)50-38-40-54-52-22-10-12-24-56(52)64(60(54)42-50)57-25-13-15-27-61(57)66(48-19-7-4-8-20-48)62-28-16-14-26-58(62)64/h3-42H,1-2H3. The zero-order valence-corrected chi connectivity index (χ0v) is 37.0. The molecular formula is C64H46N2. The molecule has 0 radical (unpaired) electrons. The summed E-state index contributed by atoms with van der Waals surface area (Å²) in [4.78, 5) is 4.85. The highest BCUT2D eigenvalue weighted by atomic mass is 15.2. The van der Waals surface area contributed by atoms with Crippen LogP contribution in [0.5, 0.6) is 0 Å². The normalized spacial score (nSPS) is 14.1. The molecule has 2 heteroatoms. The predicted octanol–water partition coefficient (Wildman–Crippen LogP) is 16.9. The van der Waals surface area contributed by atoms with Crippen LogP contribution < -0.4 is 9.80 Å². The number of para-hydroxylation sites is 4. The maximum absolute atomic E-state index is 2.47. The van der Waals surface area contributed by atoms with Crippen molar-refractivity contribution in [3.8, 4) is 44.5 Å². The van der Waals surface area contributed by atoms with Crippen molar-refractivity contribution < 1.29 is 0 Å². The maximum Gasteiger partial charge on any atom is 0.0755 e. The van der Waals surface area contributed by atoms with E-state index < -0.39 is 5.41 Å². The Morgan fingerprint density at radius 2 is 0.727 bits per heavy atom. The smallest absolute Gasteiger partial charge is 0.0755 e. The van der Waals surface area contributed by atoms with Crippen molar-refractivity contribution in [2.75, 3.05) is 9.80 Å². The van der Waals surface area contributed by atoms with E-state index in [0.29, 0.717) is 0 Å². The monoisotopic (exact) mass is 842 g/mol. The fourth-order valence-corrected chi connectivity index (χ4v) is 11.7. The van der Waals surface area contributed by atoms with Crippen LogP contribution in [-0.4, -0.2) is 0 Å². The summed E-state index contributed by atoms with van der Waals surface area (Å²) >= 11 is 0. The van der Waals surface area contributed by atoms with Gasteiger partial charge in [-0.25, -0.2) is 0 Å². The summed E-state index contributed by atoms with van der Waals surface area (Å²) in [5.74, 6) is 0. The van der Waals surface area contributed by atoms with Gasteiger partial charge in [0.05, 0.1) is 16.8 Å². The molecule has 1 aliphatic heterocycles. The zero-order valence-electron chi connectivity index (χ0n) is 37.0. The molecule has 13 rings (SSSR count). The molecule has 1 spiro atoms. The Morgan fingerprint density at radius 3 is 1.38 bits per heavy atom. The minimum atomic E-state index is -0.542. The summed E-state index contributed by atoms with van der Waals surface area (Å²) in [7, 11) is 0. The molecule has 0 bridgehead atoms. The molecule has 1 heterocycles. The van der Waals surface area contributed by atoms with E-state index in [1.54, 1.807) is 0 Å².